The third-order valence-corrected chi connectivity index (χ3v) is 6.95. The maximum atomic E-state index is 12.8. The Kier molecular flexibility index (Phi) is 5.89. The van der Waals surface area contributed by atoms with Crippen molar-refractivity contribution in [3.63, 3.8) is 0 Å². The molecule has 0 bridgehead atoms. The first-order valence-electron chi connectivity index (χ1n) is 8.53. The molecule has 0 amide bonds. The Morgan fingerprint density at radius 3 is 2.54 bits per heavy atom. The monoisotopic (exact) mass is 357 g/mol. The van der Waals surface area contributed by atoms with Crippen LogP contribution in [0.2, 0.25) is 0 Å². The highest BCUT2D eigenvalue weighted by Crippen LogP contribution is 2.36. The fourth-order valence-electron chi connectivity index (χ4n) is 3.38. The lowest BCUT2D eigenvalue weighted by Crippen LogP contribution is -2.27. The summed E-state index contributed by atoms with van der Waals surface area (Å²) in [6.45, 7) is 2.93. The lowest BCUT2D eigenvalue weighted by Gasteiger charge is -2.27. The molecule has 0 unspecified atom stereocenters. The van der Waals surface area contributed by atoms with Crippen LogP contribution in [0.4, 0.5) is 0 Å². The molecule has 2 aromatic rings. The summed E-state index contributed by atoms with van der Waals surface area (Å²) in [6, 6.07) is 8.25. The molecule has 0 atom stereocenters. The molecule has 1 aliphatic carbocycles. The van der Waals surface area contributed by atoms with E-state index in [-0.39, 0.29) is 5.92 Å². The van der Waals surface area contributed by atoms with E-state index in [9.17, 15) is 4.79 Å². The molecule has 126 valence electrons. The Labute approximate surface area is 152 Å². The van der Waals surface area contributed by atoms with E-state index in [4.69, 9.17) is 0 Å². The van der Waals surface area contributed by atoms with Crippen molar-refractivity contribution in [2.75, 3.05) is 13.6 Å². The summed E-state index contributed by atoms with van der Waals surface area (Å²) in [5, 5.41) is 3.25. The second-order valence-electron chi connectivity index (χ2n) is 6.34. The molecule has 2 heterocycles. The molecule has 4 heteroatoms. The van der Waals surface area contributed by atoms with E-state index >= 15 is 0 Å². The van der Waals surface area contributed by atoms with Crippen LogP contribution >= 0.6 is 22.7 Å². The lowest BCUT2D eigenvalue weighted by molar-refractivity contribution is 0.0876. The van der Waals surface area contributed by atoms with Gasteiger partial charge in [0.15, 0.2) is 5.78 Å². The van der Waals surface area contributed by atoms with Gasteiger partial charge < -0.3 is 5.32 Å². The summed E-state index contributed by atoms with van der Waals surface area (Å²) < 4.78 is 0. The predicted molar refractivity (Wildman–Crippen MR) is 104 cm³/mol. The number of thiophene rings is 2. The number of hydrogen-bond donors (Lipinski definition) is 1. The summed E-state index contributed by atoms with van der Waals surface area (Å²) >= 11 is 3.33. The topological polar surface area (TPSA) is 29.1 Å². The molecule has 24 heavy (non-hydrogen) atoms. The Morgan fingerprint density at radius 1 is 1.12 bits per heavy atom. The standard InChI is InChI=1S/C20H23NOS2/c1-3-4-16-9-10-17(23-16)18-11-12-19(24-18)20(22)15-7-5-14(6-8-15)13-21-2/h9-12,14-15,21H,5-8,13H2,1-2H3. The van der Waals surface area contributed by atoms with Crippen molar-refractivity contribution in [3.05, 3.63) is 34.0 Å². The van der Waals surface area contributed by atoms with Crippen LogP contribution in [0.1, 0.15) is 47.2 Å². The number of carbonyl (C=O) groups excluding carboxylic acids is 1. The molecule has 0 saturated heterocycles. The van der Waals surface area contributed by atoms with Gasteiger partial charge in [-0.3, -0.25) is 4.79 Å². The van der Waals surface area contributed by atoms with Crippen LogP contribution in [-0.4, -0.2) is 19.4 Å². The van der Waals surface area contributed by atoms with Crippen molar-refractivity contribution in [1.82, 2.24) is 5.32 Å². The number of hydrogen-bond acceptors (Lipinski definition) is 4. The largest absolute Gasteiger partial charge is 0.319 e. The molecule has 0 aromatic carbocycles. The van der Waals surface area contributed by atoms with E-state index in [1.165, 1.54) is 22.6 Å². The van der Waals surface area contributed by atoms with Crippen LogP contribution in [0.15, 0.2) is 24.3 Å². The summed E-state index contributed by atoms with van der Waals surface area (Å²) in [6.07, 6.45) is 4.40. The van der Waals surface area contributed by atoms with Gasteiger partial charge in [-0.2, -0.15) is 0 Å². The van der Waals surface area contributed by atoms with Gasteiger partial charge in [-0.15, -0.1) is 28.6 Å². The molecule has 0 spiro atoms. The van der Waals surface area contributed by atoms with Crippen LogP contribution < -0.4 is 5.32 Å². The summed E-state index contributed by atoms with van der Waals surface area (Å²) in [7, 11) is 2.01. The first-order chi connectivity index (χ1) is 11.7. The minimum Gasteiger partial charge on any atom is -0.319 e. The van der Waals surface area contributed by atoms with E-state index in [0.717, 1.165) is 35.1 Å². The smallest absolute Gasteiger partial charge is 0.175 e. The van der Waals surface area contributed by atoms with Gasteiger partial charge in [0.1, 0.15) is 0 Å². The fourth-order valence-corrected chi connectivity index (χ4v) is 5.41. The zero-order chi connectivity index (χ0) is 16.9. The quantitative estimate of drug-likeness (QED) is 0.599. The molecule has 0 aliphatic heterocycles. The third kappa shape index (κ3) is 3.97. The van der Waals surface area contributed by atoms with Crippen molar-refractivity contribution < 1.29 is 4.79 Å². The molecule has 2 aromatic heterocycles. The van der Waals surface area contributed by atoms with Crippen molar-refractivity contribution in [1.29, 1.82) is 0 Å². The maximum Gasteiger partial charge on any atom is 0.175 e. The Balaban J connectivity index is 1.66. The van der Waals surface area contributed by atoms with E-state index in [1.807, 2.05) is 20.0 Å². The Morgan fingerprint density at radius 2 is 1.83 bits per heavy atom. The number of nitrogens with one attached hydrogen (secondary N) is 1. The van der Waals surface area contributed by atoms with Gasteiger partial charge in [-0.25, -0.2) is 0 Å². The molecule has 1 fully saturated rings. The second kappa shape index (κ2) is 8.11. The minimum atomic E-state index is 0.217. The van der Waals surface area contributed by atoms with Crippen LogP contribution in [0, 0.1) is 23.7 Å². The maximum absolute atomic E-state index is 12.8. The molecular weight excluding hydrogens is 334 g/mol. The molecular formula is C20H23NOS2. The third-order valence-electron chi connectivity index (χ3n) is 4.66. The average molecular weight is 358 g/mol. The number of Topliss-reactive ketones (excluding diaryl/α,β-unsaturated/α-hetero) is 1. The van der Waals surface area contributed by atoms with Gasteiger partial charge in [-0.05, 0) is 76.4 Å². The van der Waals surface area contributed by atoms with Crippen LogP contribution in [0.3, 0.4) is 0 Å². The first kappa shape index (κ1) is 17.4. The van der Waals surface area contributed by atoms with Gasteiger partial charge in [0.25, 0.3) is 0 Å². The summed E-state index contributed by atoms with van der Waals surface area (Å²) in [5.41, 5.74) is 0. The number of rotatable bonds is 5. The van der Waals surface area contributed by atoms with E-state index < -0.39 is 0 Å². The van der Waals surface area contributed by atoms with Gasteiger partial charge in [0, 0.05) is 15.7 Å². The average Bonchev–Trinajstić information content (AvgIpc) is 3.25. The van der Waals surface area contributed by atoms with E-state index in [2.05, 4.69) is 35.4 Å². The van der Waals surface area contributed by atoms with Crippen molar-refractivity contribution in [2.45, 2.75) is 32.6 Å². The molecule has 1 N–H and O–H groups in total. The van der Waals surface area contributed by atoms with Crippen molar-refractivity contribution in [2.24, 2.45) is 11.8 Å². The van der Waals surface area contributed by atoms with Crippen LogP contribution in [0.5, 0.6) is 0 Å². The highest BCUT2D eigenvalue weighted by Gasteiger charge is 2.27. The minimum absolute atomic E-state index is 0.217. The zero-order valence-corrected chi connectivity index (χ0v) is 15.9. The fraction of sp³-hybridized carbons (Fsp3) is 0.450. The molecule has 1 saturated carbocycles. The SMILES string of the molecule is CC#Cc1ccc(-c2ccc(C(=O)C3CCC(CNC)CC3)s2)s1. The normalized spacial score (nSPS) is 20.4. The van der Waals surface area contributed by atoms with Crippen molar-refractivity contribution in [3.8, 4) is 21.6 Å². The highest BCUT2D eigenvalue weighted by molar-refractivity contribution is 7.23. The second-order valence-corrected chi connectivity index (χ2v) is 8.51. The summed E-state index contributed by atoms with van der Waals surface area (Å²) in [5.74, 6) is 7.33. The summed E-state index contributed by atoms with van der Waals surface area (Å²) in [4.78, 5) is 17.2. The predicted octanol–water partition coefficient (Wildman–Crippen LogP) is 5.06. The van der Waals surface area contributed by atoms with Gasteiger partial charge in [0.2, 0.25) is 0 Å². The number of ketones is 1. The van der Waals surface area contributed by atoms with Crippen LogP contribution in [0.25, 0.3) is 9.75 Å². The van der Waals surface area contributed by atoms with E-state index in [0.29, 0.717) is 5.78 Å². The molecule has 1 aliphatic rings. The van der Waals surface area contributed by atoms with Gasteiger partial charge in [0.05, 0.1) is 9.75 Å². The zero-order valence-electron chi connectivity index (χ0n) is 14.2. The Hall–Kier alpha value is -1.41. The van der Waals surface area contributed by atoms with Gasteiger partial charge >= 0.3 is 0 Å². The van der Waals surface area contributed by atoms with Crippen LogP contribution in [-0.2, 0) is 0 Å². The highest BCUT2D eigenvalue weighted by atomic mass is 32.1. The lowest BCUT2D eigenvalue weighted by atomic mass is 9.80. The molecule has 2 nitrogen and oxygen atoms in total. The van der Waals surface area contributed by atoms with Gasteiger partial charge in [-0.1, -0.05) is 5.92 Å². The molecule has 0 radical (unpaired) electrons. The number of carbonyl (C=O) groups is 1. The Bertz CT molecular complexity index is 754. The molecule has 3 rings (SSSR count). The van der Waals surface area contributed by atoms with Crippen molar-refractivity contribution >= 4 is 28.5 Å². The van der Waals surface area contributed by atoms with E-state index in [1.54, 1.807) is 22.7 Å². The first-order valence-corrected chi connectivity index (χ1v) is 10.2.